The Labute approximate surface area is 97.4 Å². The van der Waals surface area contributed by atoms with E-state index in [0.29, 0.717) is 16.5 Å². The molecule has 0 aliphatic carbocycles. The molecule has 1 rings (SSSR count). The fourth-order valence-corrected chi connectivity index (χ4v) is 1.71. The number of aliphatic hydroxyl groups is 1. The average molecular weight is 276 g/mol. The number of rotatable bonds is 4. The summed E-state index contributed by atoms with van der Waals surface area (Å²) < 4.78 is 13.3. The summed E-state index contributed by atoms with van der Waals surface area (Å²) in [6.45, 7) is 1.97. The van der Waals surface area contributed by atoms with Gasteiger partial charge in [0, 0.05) is 6.04 Å². The lowest BCUT2D eigenvalue weighted by Crippen LogP contribution is -2.21. The molecule has 84 valence electrons. The first kappa shape index (κ1) is 12.6. The van der Waals surface area contributed by atoms with Crippen LogP contribution in [-0.4, -0.2) is 11.1 Å². The van der Waals surface area contributed by atoms with E-state index in [1.807, 2.05) is 6.92 Å². The van der Waals surface area contributed by atoms with Crippen LogP contribution in [0.2, 0.25) is 0 Å². The quantitative estimate of drug-likeness (QED) is 0.888. The number of hydrogen-bond donors (Lipinski definition) is 2. The Kier molecular flexibility index (Phi) is 4.70. The molecule has 0 saturated carbocycles. The SMILES string of the molecule is CCC(N)CC(O)c1ccc(F)c(Br)c1. The summed E-state index contributed by atoms with van der Waals surface area (Å²) in [6.07, 6.45) is 0.686. The van der Waals surface area contributed by atoms with Crippen molar-refractivity contribution in [2.75, 3.05) is 0 Å². The van der Waals surface area contributed by atoms with Crippen LogP contribution in [0.4, 0.5) is 4.39 Å². The van der Waals surface area contributed by atoms with Gasteiger partial charge in [0.1, 0.15) is 5.82 Å². The van der Waals surface area contributed by atoms with Gasteiger partial charge >= 0.3 is 0 Å². The average Bonchev–Trinajstić information content (AvgIpc) is 2.21. The molecule has 0 aromatic heterocycles. The van der Waals surface area contributed by atoms with E-state index in [1.54, 1.807) is 12.1 Å². The van der Waals surface area contributed by atoms with Crippen LogP contribution >= 0.6 is 15.9 Å². The lowest BCUT2D eigenvalue weighted by molar-refractivity contribution is 0.157. The highest BCUT2D eigenvalue weighted by molar-refractivity contribution is 9.10. The lowest BCUT2D eigenvalue weighted by Gasteiger charge is -2.15. The normalized spacial score (nSPS) is 15.0. The molecule has 0 radical (unpaired) electrons. The summed E-state index contributed by atoms with van der Waals surface area (Å²) in [7, 11) is 0. The molecule has 0 heterocycles. The molecule has 1 aromatic rings. The van der Waals surface area contributed by atoms with Gasteiger partial charge in [0.2, 0.25) is 0 Å². The smallest absolute Gasteiger partial charge is 0.137 e. The van der Waals surface area contributed by atoms with Crippen molar-refractivity contribution >= 4 is 15.9 Å². The molecule has 0 saturated heterocycles. The minimum absolute atomic E-state index is 0.0242. The van der Waals surface area contributed by atoms with E-state index in [4.69, 9.17) is 5.73 Å². The second-order valence-electron chi connectivity index (χ2n) is 3.59. The Hall–Kier alpha value is -0.450. The molecule has 0 amide bonds. The summed E-state index contributed by atoms with van der Waals surface area (Å²) in [5, 5.41) is 9.81. The minimum atomic E-state index is -0.628. The van der Waals surface area contributed by atoms with Crippen LogP contribution in [0.1, 0.15) is 31.4 Å². The van der Waals surface area contributed by atoms with Gasteiger partial charge < -0.3 is 10.8 Å². The third-order valence-electron chi connectivity index (χ3n) is 2.38. The van der Waals surface area contributed by atoms with E-state index < -0.39 is 6.10 Å². The molecule has 0 aliphatic heterocycles. The van der Waals surface area contributed by atoms with Gasteiger partial charge in [-0.3, -0.25) is 0 Å². The molecule has 15 heavy (non-hydrogen) atoms. The van der Waals surface area contributed by atoms with Crippen molar-refractivity contribution in [3.05, 3.63) is 34.1 Å². The summed E-state index contributed by atoms with van der Waals surface area (Å²) in [5.74, 6) is -0.328. The maximum absolute atomic E-state index is 12.9. The maximum Gasteiger partial charge on any atom is 0.137 e. The fourth-order valence-electron chi connectivity index (χ4n) is 1.31. The highest BCUT2D eigenvalue weighted by atomic mass is 79.9. The Morgan fingerprint density at radius 1 is 1.53 bits per heavy atom. The van der Waals surface area contributed by atoms with Crippen molar-refractivity contribution in [2.45, 2.75) is 31.9 Å². The number of hydrogen-bond acceptors (Lipinski definition) is 2. The molecule has 2 unspecified atom stereocenters. The van der Waals surface area contributed by atoms with Crippen LogP contribution in [0.15, 0.2) is 22.7 Å². The first-order chi connectivity index (χ1) is 7.04. The highest BCUT2D eigenvalue weighted by Crippen LogP contribution is 2.24. The Morgan fingerprint density at radius 2 is 2.20 bits per heavy atom. The van der Waals surface area contributed by atoms with E-state index in [1.165, 1.54) is 6.07 Å². The van der Waals surface area contributed by atoms with E-state index in [0.717, 1.165) is 6.42 Å². The van der Waals surface area contributed by atoms with Crippen molar-refractivity contribution in [1.29, 1.82) is 0 Å². The van der Waals surface area contributed by atoms with Crippen molar-refractivity contribution < 1.29 is 9.50 Å². The van der Waals surface area contributed by atoms with Crippen LogP contribution in [0, 0.1) is 5.82 Å². The molecule has 0 bridgehead atoms. The highest BCUT2D eigenvalue weighted by Gasteiger charge is 2.12. The van der Waals surface area contributed by atoms with Crippen molar-refractivity contribution in [1.82, 2.24) is 0 Å². The van der Waals surface area contributed by atoms with Gasteiger partial charge in [-0.25, -0.2) is 4.39 Å². The van der Waals surface area contributed by atoms with Crippen LogP contribution in [0.3, 0.4) is 0 Å². The molecular weight excluding hydrogens is 261 g/mol. The summed E-state index contributed by atoms with van der Waals surface area (Å²) in [6, 6.07) is 4.47. The molecule has 0 fully saturated rings. The van der Waals surface area contributed by atoms with Gasteiger partial charge in [0.05, 0.1) is 10.6 Å². The molecule has 0 spiro atoms. The Morgan fingerprint density at radius 3 is 2.73 bits per heavy atom. The Bertz CT molecular complexity index is 332. The zero-order valence-corrected chi connectivity index (χ0v) is 10.2. The molecule has 0 aliphatic rings. The molecule has 2 atom stereocenters. The van der Waals surface area contributed by atoms with Gasteiger partial charge in [-0.05, 0) is 46.5 Å². The fraction of sp³-hybridized carbons (Fsp3) is 0.455. The zero-order chi connectivity index (χ0) is 11.4. The predicted molar refractivity (Wildman–Crippen MR) is 61.9 cm³/mol. The van der Waals surface area contributed by atoms with Gasteiger partial charge in [0.15, 0.2) is 0 Å². The van der Waals surface area contributed by atoms with E-state index in [-0.39, 0.29) is 11.9 Å². The molecule has 2 nitrogen and oxygen atoms in total. The number of nitrogens with two attached hydrogens (primary N) is 1. The standard InChI is InChI=1S/C11H15BrFNO/c1-2-8(14)6-11(15)7-3-4-10(13)9(12)5-7/h3-5,8,11,15H,2,6,14H2,1H3. The number of benzene rings is 1. The van der Waals surface area contributed by atoms with E-state index in [2.05, 4.69) is 15.9 Å². The third kappa shape index (κ3) is 3.55. The van der Waals surface area contributed by atoms with Crippen molar-refractivity contribution in [2.24, 2.45) is 5.73 Å². The summed E-state index contributed by atoms with van der Waals surface area (Å²) in [4.78, 5) is 0. The van der Waals surface area contributed by atoms with E-state index in [9.17, 15) is 9.50 Å². The van der Waals surface area contributed by atoms with Crippen LogP contribution in [0.25, 0.3) is 0 Å². The predicted octanol–water partition coefficient (Wildman–Crippen LogP) is 2.75. The van der Waals surface area contributed by atoms with Gasteiger partial charge in [-0.15, -0.1) is 0 Å². The molecular formula is C11H15BrFNO. The van der Waals surface area contributed by atoms with Crippen molar-refractivity contribution in [3.8, 4) is 0 Å². The topological polar surface area (TPSA) is 46.2 Å². The zero-order valence-electron chi connectivity index (χ0n) is 8.58. The second-order valence-corrected chi connectivity index (χ2v) is 4.45. The third-order valence-corrected chi connectivity index (χ3v) is 2.99. The maximum atomic E-state index is 12.9. The van der Waals surface area contributed by atoms with E-state index >= 15 is 0 Å². The largest absolute Gasteiger partial charge is 0.388 e. The lowest BCUT2D eigenvalue weighted by atomic mass is 10.0. The number of aliphatic hydroxyl groups excluding tert-OH is 1. The van der Waals surface area contributed by atoms with Gasteiger partial charge in [-0.2, -0.15) is 0 Å². The monoisotopic (exact) mass is 275 g/mol. The first-order valence-electron chi connectivity index (χ1n) is 4.93. The minimum Gasteiger partial charge on any atom is -0.388 e. The van der Waals surface area contributed by atoms with Crippen molar-refractivity contribution in [3.63, 3.8) is 0 Å². The summed E-state index contributed by atoms with van der Waals surface area (Å²) in [5.41, 5.74) is 6.42. The molecule has 3 N–H and O–H groups in total. The van der Waals surface area contributed by atoms with Crippen LogP contribution < -0.4 is 5.73 Å². The Balaban J connectivity index is 2.73. The summed E-state index contributed by atoms with van der Waals surface area (Å²) >= 11 is 3.08. The molecule has 1 aromatic carbocycles. The number of halogens is 2. The van der Waals surface area contributed by atoms with Gasteiger partial charge in [0.25, 0.3) is 0 Å². The molecule has 4 heteroatoms. The van der Waals surface area contributed by atoms with Gasteiger partial charge in [-0.1, -0.05) is 13.0 Å². The van der Waals surface area contributed by atoms with Crippen LogP contribution in [0.5, 0.6) is 0 Å². The second kappa shape index (κ2) is 5.58. The first-order valence-corrected chi connectivity index (χ1v) is 5.72. The van der Waals surface area contributed by atoms with Crippen LogP contribution in [-0.2, 0) is 0 Å².